The van der Waals surface area contributed by atoms with E-state index in [2.05, 4.69) is 25.6 Å². The van der Waals surface area contributed by atoms with Gasteiger partial charge in [-0.15, -0.1) is 5.10 Å². The van der Waals surface area contributed by atoms with Crippen molar-refractivity contribution in [2.75, 3.05) is 18.5 Å². The number of carbonyl (C=O) groups excluding carboxylic acids is 1. The Morgan fingerprint density at radius 3 is 2.53 bits per heavy atom. The van der Waals surface area contributed by atoms with Gasteiger partial charge in [0.2, 0.25) is 0 Å². The second kappa shape index (κ2) is 10.2. The zero-order valence-electron chi connectivity index (χ0n) is 19.9. The van der Waals surface area contributed by atoms with Gasteiger partial charge in [-0.2, -0.15) is 0 Å². The lowest BCUT2D eigenvalue weighted by molar-refractivity contribution is 0.102. The molecular formula is C25H23ClN6O3S. The summed E-state index contributed by atoms with van der Waals surface area (Å²) in [5.41, 5.74) is 4.74. The van der Waals surface area contributed by atoms with Crippen molar-refractivity contribution in [2.45, 2.75) is 31.7 Å². The van der Waals surface area contributed by atoms with Gasteiger partial charge in [-0.1, -0.05) is 34.6 Å². The third-order valence-electron chi connectivity index (χ3n) is 5.48. The number of anilines is 1. The smallest absolute Gasteiger partial charge is 0.278 e. The topological polar surface area (TPSA) is 104 Å². The number of benzene rings is 2. The molecule has 0 bridgehead atoms. The Labute approximate surface area is 217 Å². The molecule has 1 aliphatic heterocycles. The maximum absolute atomic E-state index is 13.3. The minimum Gasteiger partial charge on any atom is -0.486 e. The molecule has 11 heteroatoms. The third-order valence-corrected chi connectivity index (χ3v) is 6.74. The van der Waals surface area contributed by atoms with E-state index >= 15 is 0 Å². The summed E-state index contributed by atoms with van der Waals surface area (Å²) in [5.74, 6) is 1.20. The first-order valence-corrected chi connectivity index (χ1v) is 12.6. The van der Waals surface area contributed by atoms with Gasteiger partial charge in [-0.25, -0.2) is 14.6 Å². The number of fused-ring (bicyclic) bond motifs is 1. The van der Waals surface area contributed by atoms with Crippen molar-refractivity contribution in [3.63, 3.8) is 0 Å². The lowest BCUT2D eigenvalue weighted by Crippen LogP contribution is -2.17. The molecule has 0 radical (unpaired) electrons. The molecule has 1 aliphatic rings. The average Bonchev–Trinajstić information content (AvgIpc) is 3.28. The Kier molecular flexibility index (Phi) is 6.80. The molecule has 0 fully saturated rings. The molecule has 1 amide bonds. The van der Waals surface area contributed by atoms with Crippen molar-refractivity contribution >= 4 is 35.0 Å². The minimum absolute atomic E-state index is 0.193. The number of nitrogens with zero attached hydrogens (tertiary/aromatic N) is 5. The second-order valence-electron chi connectivity index (χ2n) is 8.26. The molecule has 0 unspecified atom stereocenters. The summed E-state index contributed by atoms with van der Waals surface area (Å²) in [6, 6.07) is 12.8. The quantitative estimate of drug-likeness (QED) is 0.280. The predicted molar refractivity (Wildman–Crippen MR) is 138 cm³/mol. The summed E-state index contributed by atoms with van der Waals surface area (Å²) in [7, 11) is 0. The lowest BCUT2D eigenvalue weighted by Gasteiger charge is -2.18. The van der Waals surface area contributed by atoms with Crippen molar-refractivity contribution in [2.24, 2.45) is 0 Å². The molecule has 1 N–H and O–H groups in total. The molecule has 0 atom stereocenters. The highest BCUT2D eigenvalue weighted by molar-refractivity contribution is 7.98. The van der Waals surface area contributed by atoms with Crippen LogP contribution in [0, 0.1) is 20.8 Å². The Bertz CT molecular complexity index is 1440. The summed E-state index contributed by atoms with van der Waals surface area (Å²) in [4.78, 5) is 22.3. The number of carbonyl (C=O) groups is 1. The third kappa shape index (κ3) is 5.14. The van der Waals surface area contributed by atoms with E-state index < -0.39 is 5.91 Å². The molecule has 184 valence electrons. The number of aromatic nitrogens is 5. The van der Waals surface area contributed by atoms with Crippen molar-refractivity contribution in [1.82, 2.24) is 25.0 Å². The highest BCUT2D eigenvalue weighted by Crippen LogP contribution is 2.33. The van der Waals surface area contributed by atoms with Gasteiger partial charge in [0, 0.05) is 33.9 Å². The van der Waals surface area contributed by atoms with Crippen LogP contribution in [0.1, 0.15) is 33.1 Å². The lowest BCUT2D eigenvalue weighted by atomic mass is 10.2. The van der Waals surface area contributed by atoms with Crippen LogP contribution < -0.4 is 14.8 Å². The molecule has 0 aliphatic carbocycles. The van der Waals surface area contributed by atoms with E-state index in [1.54, 1.807) is 28.9 Å². The number of ether oxygens (including phenoxy) is 2. The highest BCUT2D eigenvalue weighted by atomic mass is 35.5. The zero-order valence-corrected chi connectivity index (χ0v) is 21.5. The minimum atomic E-state index is -0.395. The van der Waals surface area contributed by atoms with E-state index in [-0.39, 0.29) is 5.69 Å². The number of rotatable bonds is 6. The maximum Gasteiger partial charge on any atom is 0.278 e. The molecule has 0 spiro atoms. The van der Waals surface area contributed by atoms with Gasteiger partial charge in [-0.3, -0.25) is 4.79 Å². The first-order valence-electron chi connectivity index (χ1n) is 11.2. The zero-order chi connectivity index (χ0) is 25.2. The molecular weight excluding hydrogens is 500 g/mol. The van der Waals surface area contributed by atoms with Crippen LogP contribution in [0.15, 0.2) is 47.6 Å². The monoisotopic (exact) mass is 522 g/mol. The summed E-state index contributed by atoms with van der Waals surface area (Å²) < 4.78 is 12.8. The van der Waals surface area contributed by atoms with Crippen LogP contribution >= 0.6 is 23.4 Å². The molecule has 36 heavy (non-hydrogen) atoms. The van der Waals surface area contributed by atoms with Crippen LogP contribution in [0.25, 0.3) is 5.69 Å². The number of amides is 1. The Morgan fingerprint density at radius 2 is 1.78 bits per heavy atom. The second-order valence-corrected chi connectivity index (χ2v) is 9.61. The number of thioether (sulfide) groups is 1. The van der Waals surface area contributed by atoms with Gasteiger partial charge in [0.1, 0.15) is 13.2 Å². The van der Waals surface area contributed by atoms with E-state index in [0.29, 0.717) is 57.7 Å². The molecule has 9 nitrogen and oxygen atoms in total. The van der Waals surface area contributed by atoms with E-state index in [0.717, 1.165) is 17.0 Å². The Morgan fingerprint density at radius 1 is 1.03 bits per heavy atom. The van der Waals surface area contributed by atoms with E-state index in [1.807, 2.05) is 39.0 Å². The van der Waals surface area contributed by atoms with Crippen molar-refractivity contribution < 1.29 is 14.3 Å². The normalized spacial score (nSPS) is 12.4. The molecule has 0 saturated carbocycles. The van der Waals surface area contributed by atoms with Crippen LogP contribution in [0.4, 0.5) is 5.69 Å². The van der Waals surface area contributed by atoms with Crippen LogP contribution in [0.2, 0.25) is 5.02 Å². The SMILES string of the molecule is Cc1cc(C)nc(SCc2c(C(=O)Nc3ccc4c(c3)OCCO4)nnn2-c2ccc(C)c(Cl)c2)n1. The van der Waals surface area contributed by atoms with Crippen molar-refractivity contribution in [3.05, 3.63) is 75.8 Å². The predicted octanol–water partition coefficient (Wildman–Crippen LogP) is 4.95. The van der Waals surface area contributed by atoms with Gasteiger partial charge in [0.25, 0.3) is 5.91 Å². The fourth-order valence-electron chi connectivity index (χ4n) is 3.73. The summed E-state index contributed by atoms with van der Waals surface area (Å²) in [6.45, 7) is 6.72. The van der Waals surface area contributed by atoms with Gasteiger partial charge in [0.05, 0.1) is 11.4 Å². The first kappa shape index (κ1) is 24.1. The highest BCUT2D eigenvalue weighted by Gasteiger charge is 2.23. The van der Waals surface area contributed by atoms with Crippen molar-refractivity contribution in [1.29, 1.82) is 0 Å². The van der Waals surface area contributed by atoms with Crippen LogP contribution in [0.5, 0.6) is 11.5 Å². The number of aryl methyl sites for hydroxylation is 3. The molecule has 4 aromatic rings. The largest absolute Gasteiger partial charge is 0.486 e. The van der Waals surface area contributed by atoms with Crippen LogP contribution in [0.3, 0.4) is 0 Å². The number of hydrogen-bond acceptors (Lipinski definition) is 8. The maximum atomic E-state index is 13.3. The van der Waals surface area contributed by atoms with Gasteiger partial charge in [0.15, 0.2) is 22.3 Å². The first-order chi connectivity index (χ1) is 17.4. The number of halogens is 1. The van der Waals surface area contributed by atoms with Crippen LogP contribution in [-0.4, -0.2) is 44.1 Å². The fraction of sp³-hybridized carbons (Fsp3) is 0.240. The van der Waals surface area contributed by atoms with E-state index in [9.17, 15) is 4.79 Å². The molecule has 5 rings (SSSR count). The summed E-state index contributed by atoms with van der Waals surface area (Å²) >= 11 is 7.78. The van der Waals surface area contributed by atoms with Gasteiger partial charge < -0.3 is 14.8 Å². The van der Waals surface area contributed by atoms with Crippen LogP contribution in [-0.2, 0) is 5.75 Å². The summed E-state index contributed by atoms with van der Waals surface area (Å²) in [6.07, 6.45) is 0. The van der Waals surface area contributed by atoms with E-state index in [4.69, 9.17) is 21.1 Å². The average molecular weight is 523 g/mol. The number of nitrogens with one attached hydrogen (secondary N) is 1. The van der Waals surface area contributed by atoms with E-state index in [1.165, 1.54) is 11.8 Å². The molecule has 2 aromatic carbocycles. The fourth-order valence-corrected chi connectivity index (χ4v) is 4.85. The summed E-state index contributed by atoms with van der Waals surface area (Å²) in [5, 5.41) is 12.6. The van der Waals surface area contributed by atoms with Gasteiger partial charge in [-0.05, 0) is 56.7 Å². The molecule has 2 aromatic heterocycles. The standard InChI is InChI=1S/C25H23ClN6O3S/c1-14-4-6-18(12-19(14)26)32-20(13-36-25-27-15(2)10-16(3)28-25)23(30-31-32)24(33)29-17-5-7-21-22(11-17)35-9-8-34-21/h4-7,10-12H,8-9,13H2,1-3H3,(H,29,33). The Hall–Kier alpha value is -3.63. The molecule has 3 heterocycles. The van der Waals surface area contributed by atoms with Gasteiger partial charge >= 0.3 is 0 Å². The number of hydrogen-bond donors (Lipinski definition) is 1. The Balaban J connectivity index is 1.47. The molecule has 0 saturated heterocycles. The van der Waals surface area contributed by atoms with Crippen molar-refractivity contribution in [3.8, 4) is 17.2 Å².